The van der Waals surface area contributed by atoms with Gasteiger partial charge in [0, 0.05) is 37.9 Å². The van der Waals surface area contributed by atoms with E-state index in [1.165, 1.54) is 17.0 Å². The summed E-state index contributed by atoms with van der Waals surface area (Å²) in [5, 5.41) is 4.91. The molecule has 9 nitrogen and oxygen atoms in total. The van der Waals surface area contributed by atoms with Crippen molar-refractivity contribution in [3.05, 3.63) is 75.5 Å². The Kier molecular flexibility index (Phi) is 11.9. The maximum absolute atomic E-state index is 14.8. The normalized spacial score (nSPS) is 17.9. The Balaban J connectivity index is 1.53. The van der Waals surface area contributed by atoms with Crippen LogP contribution < -0.4 is 16.4 Å². The van der Waals surface area contributed by atoms with Crippen LogP contribution >= 0.6 is 23.2 Å². The zero-order chi connectivity index (χ0) is 33.6. The van der Waals surface area contributed by atoms with Gasteiger partial charge >= 0.3 is 0 Å². The Hall–Kier alpha value is -3.47. The Bertz CT molecular complexity index is 1500. The predicted octanol–water partition coefficient (Wildman–Crippen LogP) is 5.38. The van der Waals surface area contributed by atoms with E-state index >= 15 is 0 Å². The SMILES string of the molecule is C=C(CCN)CC(NC(=O)[C@@H]1Cc2ccccc2CN1C(=O)CCC(=O)N1CCCCC1(C)C)C(=O)Nc1ccc(Cl)c(Cl)c1F. The van der Waals surface area contributed by atoms with Gasteiger partial charge in [0.15, 0.2) is 5.82 Å². The molecule has 46 heavy (non-hydrogen) atoms. The fraction of sp³-hybridized carbons (Fsp3) is 0.471. The molecule has 0 saturated carbocycles. The van der Waals surface area contributed by atoms with Gasteiger partial charge in [-0.3, -0.25) is 19.2 Å². The summed E-state index contributed by atoms with van der Waals surface area (Å²) in [4.78, 5) is 57.6. The molecule has 2 atom stereocenters. The fourth-order valence-corrected chi connectivity index (χ4v) is 6.46. The first-order valence-corrected chi connectivity index (χ1v) is 16.4. The maximum Gasteiger partial charge on any atom is 0.247 e. The second-order valence-electron chi connectivity index (χ2n) is 12.6. The van der Waals surface area contributed by atoms with Crippen LogP contribution in [0, 0.1) is 5.82 Å². The second-order valence-corrected chi connectivity index (χ2v) is 13.4. The van der Waals surface area contributed by atoms with Crippen LogP contribution in [0.4, 0.5) is 10.1 Å². The molecule has 0 spiro atoms. The molecule has 0 bridgehead atoms. The number of hydrogen-bond donors (Lipinski definition) is 3. The topological polar surface area (TPSA) is 125 Å². The van der Waals surface area contributed by atoms with Gasteiger partial charge in [0.05, 0.1) is 15.7 Å². The lowest BCUT2D eigenvalue weighted by atomic mass is 9.90. The maximum atomic E-state index is 14.8. The van der Waals surface area contributed by atoms with Crippen molar-refractivity contribution in [3.63, 3.8) is 0 Å². The van der Waals surface area contributed by atoms with Gasteiger partial charge in [-0.15, -0.1) is 0 Å². The molecule has 4 rings (SSSR count). The first kappa shape index (κ1) is 35.4. The highest BCUT2D eigenvalue weighted by Crippen LogP contribution is 2.31. The molecule has 0 radical (unpaired) electrons. The zero-order valence-corrected chi connectivity index (χ0v) is 27.9. The van der Waals surface area contributed by atoms with E-state index < -0.39 is 29.7 Å². The lowest BCUT2D eigenvalue weighted by molar-refractivity contribution is -0.145. The number of nitrogens with zero attached hydrogens (tertiary/aromatic N) is 2. The summed E-state index contributed by atoms with van der Waals surface area (Å²) in [6.07, 6.45) is 3.54. The number of nitrogens with one attached hydrogen (secondary N) is 2. The number of rotatable bonds is 11. The van der Waals surface area contributed by atoms with Gasteiger partial charge in [-0.05, 0) is 75.8 Å². The molecule has 12 heteroatoms. The van der Waals surface area contributed by atoms with Crippen LogP contribution in [-0.4, -0.2) is 64.1 Å². The minimum absolute atomic E-state index is 0.0120. The Morgan fingerprint density at radius 2 is 1.74 bits per heavy atom. The number of hydrogen-bond acceptors (Lipinski definition) is 5. The van der Waals surface area contributed by atoms with Crippen LogP contribution in [-0.2, 0) is 32.1 Å². The average Bonchev–Trinajstić information content (AvgIpc) is 3.02. The van der Waals surface area contributed by atoms with Crippen LogP contribution in [0.5, 0.6) is 0 Å². The third-order valence-electron chi connectivity index (χ3n) is 8.79. The van der Waals surface area contributed by atoms with Crippen LogP contribution in [0.3, 0.4) is 0 Å². The van der Waals surface area contributed by atoms with E-state index in [0.29, 0.717) is 18.5 Å². The van der Waals surface area contributed by atoms with Crippen molar-refractivity contribution in [2.45, 2.75) is 89.4 Å². The first-order valence-electron chi connectivity index (χ1n) is 15.6. The van der Waals surface area contributed by atoms with Crippen molar-refractivity contribution >= 4 is 52.5 Å². The fourth-order valence-electron chi connectivity index (χ4n) is 6.15. The molecule has 0 aromatic heterocycles. The summed E-state index contributed by atoms with van der Waals surface area (Å²) in [6.45, 7) is 9.19. The summed E-state index contributed by atoms with van der Waals surface area (Å²) in [7, 11) is 0. The molecule has 2 aliphatic heterocycles. The number of likely N-dealkylation sites (tertiary alicyclic amines) is 1. The molecule has 2 heterocycles. The monoisotopic (exact) mass is 673 g/mol. The largest absolute Gasteiger partial charge is 0.342 e. The van der Waals surface area contributed by atoms with Crippen LogP contribution in [0.25, 0.3) is 0 Å². The van der Waals surface area contributed by atoms with Crippen molar-refractivity contribution in [2.75, 3.05) is 18.4 Å². The Labute approximate surface area is 279 Å². The van der Waals surface area contributed by atoms with Gasteiger partial charge in [0.25, 0.3) is 0 Å². The lowest BCUT2D eigenvalue weighted by Crippen LogP contribution is -2.56. The molecule has 4 N–H and O–H groups in total. The van der Waals surface area contributed by atoms with E-state index in [9.17, 15) is 23.6 Å². The van der Waals surface area contributed by atoms with Crippen molar-refractivity contribution < 1.29 is 23.6 Å². The number of benzene rings is 2. The van der Waals surface area contributed by atoms with Crippen LogP contribution in [0.2, 0.25) is 10.0 Å². The van der Waals surface area contributed by atoms with Gasteiger partial charge in [-0.2, -0.15) is 0 Å². The van der Waals surface area contributed by atoms with Gasteiger partial charge in [0.1, 0.15) is 12.1 Å². The highest BCUT2D eigenvalue weighted by atomic mass is 35.5. The molecule has 4 amide bonds. The number of halogens is 3. The Morgan fingerprint density at radius 3 is 2.43 bits per heavy atom. The molecular weight excluding hydrogens is 632 g/mol. The van der Waals surface area contributed by atoms with Gasteiger partial charge < -0.3 is 26.2 Å². The highest BCUT2D eigenvalue weighted by Gasteiger charge is 2.38. The van der Waals surface area contributed by atoms with Crippen molar-refractivity contribution in [2.24, 2.45) is 5.73 Å². The van der Waals surface area contributed by atoms with E-state index in [1.807, 2.05) is 43.0 Å². The minimum atomic E-state index is -1.16. The standard InChI is InChI=1S/C34H42Cl2FN5O4/c1-21(14-16-38)18-26(32(45)39-25-11-10-24(35)30(36)31(25)37)40-33(46)27-19-22-8-4-5-9-23(22)20-41(27)28(43)12-13-29(44)42-17-7-6-15-34(42,2)3/h4-5,8-11,26-27H,1,6-7,12-20,38H2,2-3H3,(H,39,45)(H,40,46)/t26?,27-/m0/s1. The van der Waals surface area contributed by atoms with E-state index in [0.717, 1.165) is 30.4 Å². The molecular formula is C34H42Cl2FN5O4. The van der Waals surface area contributed by atoms with Crippen molar-refractivity contribution in [3.8, 4) is 0 Å². The number of fused-ring (bicyclic) bond motifs is 1. The molecule has 1 unspecified atom stereocenters. The molecule has 2 aliphatic rings. The van der Waals surface area contributed by atoms with Gasteiger partial charge in [-0.25, -0.2) is 4.39 Å². The summed E-state index contributed by atoms with van der Waals surface area (Å²) < 4.78 is 14.8. The third-order valence-corrected chi connectivity index (χ3v) is 9.57. The Morgan fingerprint density at radius 1 is 1.04 bits per heavy atom. The third kappa shape index (κ3) is 8.46. The number of amides is 4. The van der Waals surface area contributed by atoms with Gasteiger partial charge in [0.2, 0.25) is 23.6 Å². The number of piperidine rings is 1. The molecule has 1 fully saturated rings. The zero-order valence-electron chi connectivity index (χ0n) is 26.3. The van der Waals surface area contributed by atoms with E-state index in [4.69, 9.17) is 28.9 Å². The summed E-state index contributed by atoms with van der Waals surface area (Å²) in [6, 6.07) is 8.08. The van der Waals surface area contributed by atoms with E-state index in [1.54, 1.807) is 0 Å². The van der Waals surface area contributed by atoms with Crippen LogP contribution in [0.1, 0.15) is 69.9 Å². The smallest absolute Gasteiger partial charge is 0.247 e. The number of nitrogens with two attached hydrogens (primary N) is 1. The molecule has 1 saturated heterocycles. The van der Waals surface area contributed by atoms with Crippen molar-refractivity contribution in [1.29, 1.82) is 0 Å². The van der Waals surface area contributed by atoms with Crippen molar-refractivity contribution in [1.82, 2.24) is 15.1 Å². The minimum Gasteiger partial charge on any atom is -0.342 e. The van der Waals surface area contributed by atoms with E-state index in [2.05, 4.69) is 17.2 Å². The van der Waals surface area contributed by atoms with Crippen LogP contribution in [0.15, 0.2) is 48.6 Å². The highest BCUT2D eigenvalue weighted by molar-refractivity contribution is 6.42. The molecule has 248 valence electrons. The number of anilines is 1. The summed E-state index contributed by atoms with van der Waals surface area (Å²) in [5.41, 5.74) is 7.64. The molecule has 0 aliphatic carbocycles. The van der Waals surface area contributed by atoms with Gasteiger partial charge in [-0.1, -0.05) is 59.6 Å². The lowest BCUT2D eigenvalue weighted by Gasteiger charge is -2.42. The molecule has 2 aromatic rings. The summed E-state index contributed by atoms with van der Waals surface area (Å²) >= 11 is 11.8. The quantitative estimate of drug-likeness (QED) is 0.218. The summed E-state index contributed by atoms with van der Waals surface area (Å²) in [5.74, 6) is -2.57. The number of carbonyl (C=O) groups excluding carboxylic acids is 4. The number of carbonyl (C=O) groups is 4. The van der Waals surface area contributed by atoms with E-state index in [-0.39, 0.29) is 71.9 Å². The second kappa shape index (κ2) is 15.4. The average molecular weight is 675 g/mol. The first-order chi connectivity index (χ1) is 21.8. The predicted molar refractivity (Wildman–Crippen MR) is 178 cm³/mol. The molecule has 2 aromatic carbocycles.